The zero-order valence-corrected chi connectivity index (χ0v) is 15.2. The second kappa shape index (κ2) is 6.87. The summed E-state index contributed by atoms with van der Waals surface area (Å²) in [4.78, 5) is 0. The normalized spacial score (nSPS) is 11.8. The van der Waals surface area contributed by atoms with Gasteiger partial charge in [-0.1, -0.05) is 40.0 Å². The smallest absolute Gasteiger partial charge is 0.243 e. The first kappa shape index (κ1) is 17.5. The maximum absolute atomic E-state index is 6.11. The molecule has 0 aliphatic rings. The molecule has 3 aromatic rings. The Morgan fingerprint density at radius 1 is 1.24 bits per heavy atom. The maximum atomic E-state index is 6.11. The summed E-state index contributed by atoms with van der Waals surface area (Å²) in [7, 11) is 0. The number of nitrogens with one attached hydrogen (secondary N) is 1. The SMILES string of the molecule is C/C(=N\Nc1c(Cl)cc(Cl)cc1Cl)c1nnn(-c2nonc2N)c1C. The van der Waals surface area contributed by atoms with Gasteiger partial charge in [0.1, 0.15) is 5.69 Å². The number of rotatable bonds is 4. The Labute approximate surface area is 156 Å². The van der Waals surface area contributed by atoms with E-state index in [1.54, 1.807) is 26.0 Å². The summed E-state index contributed by atoms with van der Waals surface area (Å²) in [6, 6.07) is 3.12. The van der Waals surface area contributed by atoms with E-state index >= 15 is 0 Å². The molecule has 0 radical (unpaired) electrons. The molecule has 0 aliphatic heterocycles. The second-order valence-corrected chi connectivity index (χ2v) is 6.21. The van der Waals surface area contributed by atoms with Gasteiger partial charge in [0.25, 0.3) is 0 Å². The molecular formula is C13H11Cl3N8O. The fourth-order valence-corrected chi connectivity index (χ4v) is 2.95. The third-order valence-corrected chi connectivity index (χ3v) is 4.09. The predicted octanol–water partition coefficient (Wildman–Crippen LogP) is 3.34. The minimum absolute atomic E-state index is 0.104. The number of hydrazone groups is 1. The quantitative estimate of drug-likeness (QED) is 0.508. The van der Waals surface area contributed by atoms with Crippen LogP contribution < -0.4 is 11.2 Å². The van der Waals surface area contributed by atoms with Crippen LogP contribution in [0, 0.1) is 6.92 Å². The van der Waals surface area contributed by atoms with Crippen molar-refractivity contribution < 1.29 is 4.63 Å². The van der Waals surface area contributed by atoms with Crippen LogP contribution in [0.15, 0.2) is 21.9 Å². The Morgan fingerprint density at radius 3 is 2.52 bits per heavy atom. The van der Waals surface area contributed by atoms with Crippen LogP contribution in [0.1, 0.15) is 18.3 Å². The highest BCUT2D eigenvalue weighted by molar-refractivity contribution is 6.41. The number of hydrogen-bond acceptors (Lipinski definition) is 8. The summed E-state index contributed by atoms with van der Waals surface area (Å²) < 4.78 is 5.97. The van der Waals surface area contributed by atoms with Crippen molar-refractivity contribution in [3.8, 4) is 5.82 Å². The van der Waals surface area contributed by atoms with Crippen molar-refractivity contribution in [1.82, 2.24) is 25.3 Å². The van der Waals surface area contributed by atoms with E-state index in [1.165, 1.54) is 4.68 Å². The van der Waals surface area contributed by atoms with E-state index in [0.717, 1.165) is 0 Å². The van der Waals surface area contributed by atoms with Gasteiger partial charge in [-0.25, -0.2) is 4.63 Å². The highest BCUT2D eigenvalue weighted by Gasteiger charge is 2.18. The van der Waals surface area contributed by atoms with Crippen molar-refractivity contribution in [3.05, 3.63) is 38.6 Å². The highest BCUT2D eigenvalue weighted by atomic mass is 35.5. The van der Waals surface area contributed by atoms with Crippen LogP contribution in [-0.4, -0.2) is 31.0 Å². The third kappa shape index (κ3) is 3.39. The lowest BCUT2D eigenvalue weighted by molar-refractivity contribution is 0.306. The van der Waals surface area contributed by atoms with E-state index in [-0.39, 0.29) is 11.6 Å². The summed E-state index contributed by atoms with van der Waals surface area (Å²) in [5.41, 5.74) is 10.6. The van der Waals surface area contributed by atoms with Crippen molar-refractivity contribution >= 4 is 52.0 Å². The molecule has 0 bridgehead atoms. The second-order valence-electron chi connectivity index (χ2n) is 4.96. The van der Waals surface area contributed by atoms with Crippen molar-refractivity contribution in [2.24, 2.45) is 5.10 Å². The average molecular weight is 402 g/mol. The van der Waals surface area contributed by atoms with Gasteiger partial charge in [-0.2, -0.15) is 9.78 Å². The summed E-state index contributed by atoms with van der Waals surface area (Å²) in [6.07, 6.45) is 0. The van der Waals surface area contributed by atoms with Crippen LogP contribution in [0.4, 0.5) is 11.5 Å². The first-order chi connectivity index (χ1) is 11.9. The molecule has 0 aliphatic carbocycles. The summed E-state index contributed by atoms with van der Waals surface area (Å²) in [5, 5.41) is 20.6. The number of aromatic nitrogens is 5. The number of anilines is 2. The fourth-order valence-electron chi connectivity index (χ4n) is 2.04. The van der Waals surface area contributed by atoms with Gasteiger partial charge in [-0.3, -0.25) is 5.43 Å². The van der Waals surface area contributed by atoms with E-state index in [0.29, 0.717) is 37.9 Å². The molecule has 0 amide bonds. The van der Waals surface area contributed by atoms with Crippen LogP contribution >= 0.6 is 34.8 Å². The van der Waals surface area contributed by atoms with E-state index in [1.807, 2.05) is 0 Å². The summed E-state index contributed by atoms with van der Waals surface area (Å²) >= 11 is 18.1. The number of halogens is 3. The Kier molecular flexibility index (Phi) is 4.80. The molecule has 3 rings (SSSR count). The molecule has 12 heteroatoms. The van der Waals surface area contributed by atoms with E-state index < -0.39 is 0 Å². The average Bonchev–Trinajstić information content (AvgIpc) is 3.11. The van der Waals surface area contributed by atoms with Gasteiger partial charge >= 0.3 is 0 Å². The van der Waals surface area contributed by atoms with Crippen molar-refractivity contribution in [2.75, 3.05) is 11.2 Å². The number of nitrogens with two attached hydrogens (primary N) is 1. The Balaban J connectivity index is 1.89. The molecule has 25 heavy (non-hydrogen) atoms. The standard InChI is InChI=1S/C13H11Cl3N8O/c1-5(18-19-11-8(15)3-7(14)4-9(11)16)10-6(2)24(23-20-10)13-12(17)21-25-22-13/h3-4,19H,1-2H3,(H2,17,21)/b18-5+. The van der Waals surface area contributed by atoms with E-state index in [2.05, 4.69) is 35.8 Å². The molecule has 9 nitrogen and oxygen atoms in total. The molecule has 0 fully saturated rings. The lowest BCUT2D eigenvalue weighted by Gasteiger charge is -2.07. The van der Waals surface area contributed by atoms with E-state index in [4.69, 9.17) is 40.5 Å². The Bertz CT molecular complexity index is 941. The molecule has 2 aromatic heterocycles. The van der Waals surface area contributed by atoms with Gasteiger partial charge < -0.3 is 5.73 Å². The minimum atomic E-state index is 0.104. The molecule has 0 saturated heterocycles. The van der Waals surface area contributed by atoms with Gasteiger partial charge in [0, 0.05) is 5.02 Å². The molecular weight excluding hydrogens is 391 g/mol. The molecule has 0 saturated carbocycles. The van der Waals surface area contributed by atoms with Crippen LogP contribution in [0.2, 0.25) is 15.1 Å². The van der Waals surface area contributed by atoms with Crippen molar-refractivity contribution in [3.63, 3.8) is 0 Å². The van der Waals surface area contributed by atoms with Crippen molar-refractivity contribution in [1.29, 1.82) is 0 Å². The van der Waals surface area contributed by atoms with Crippen molar-refractivity contribution in [2.45, 2.75) is 13.8 Å². The number of hydrogen-bond donors (Lipinski definition) is 2. The van der Waals surface area contributed by atoms with Crippen LogP contribution in [-0.2, 0) is 0 Å². The third-order valence-electron chi connectivity index (χ3n) is 3.28. The number of nitrogens with zero attached hydrogens (tertiary/aromatic N) is 6. The monoisotopic (exact) mass is 400 g/mol. The highest BCUT2D eigenvalue weighted by Crippen LogP contribution is 2.33. The van der Waals surface area contributed by atoms with E-state index in [9.17, 15) is 0 Å². The molecule has 2 heterocycles. The Hall–Kier alpha value is -2.36. The van der Waals surface area contributed by atoms with Gasteiger partial charge in [0.2, 0.25) is 11.6 Å². The zero-order chi connectivity index (χ0) is 18.1. The summed E-state index contributed by atoms with van der Waals surface area (Å²) in [6.45, 7) is 3.53. The Morgan fingerprint density at radius 2 is 1.92 bits per heavy atom. The molecule has 3 N–H and O–H groups in total. The van der Waals surface area contributed by atoms with Gasteiger partial charge in [-0.15, -0.1) is 5.10 Å². The molecule has 130 valence electrons. The zero-order valence-electron chi connectivity index (χ0n) is 13.0. The minimum Gasteiger partial charge on any atom is -0.378 e. The number of nitrogen functional groups attached to an aromatic ring is 1. The van der Waals surface area contributed by atoms with Gasteiger partial charge in [0.05, 0.1) is 27.1 Å². The predicted molar refractivity (Wildman–Crippen MR) is 95.7 cm³/mol. The maximum Gasteiger partial charge on any atom is 0.243 e. The fraction of sp³-hybridized carbons (Fsp3) is 0.154. The largest absolute Gasteiger partial charge is 0.378 e. The first-order valence-electron chi connectivity index (χ1n) is 6.84. The lowest BCUT2D eigenvalue weighted by atomic mass is 10.2. The first-order valence-corrected chi connectivity index (χ1v) is 7.97. The topological polar surface area (TPSA) is 120 Å². The molecule has 0 atom stereocenters. The van der Waals surface area contributed by atoms with Crippen LogP contribution in [0.3, 0.4) is 0 Å². The number of benzene rings is 1. The molecule has 0 spiro atoms. The molecule has 0 unspecified atom stereocenters. The molecule has 1 aromatic carbocycles. The van der Waals surface area contributed by atoms with Gasteiger partial charge in [0.15, 0.2) is 0 Å². The van der Waals surface area contributed by atoms with Gasteiger partial charge in [-0.05, 0) is 36.3 Å². The lowest BCUT2D eigenvalue weighted by Crippen LogP contribution is -2.06. The van der Waals surface area contributed by atoms with Crippen LogP contribution in [0.25, 0.3) is 5.82 Å². The van der Waals surface area contributed by atoms with Crippen LogP contribution in [0.5, 0.6) is 0 Å². The summed E-state index contributed by atoms with van der Waals surface area (Å²) in [5.74, 6) is 0.354.